The molecule has 1 aliphatic rings. The van der Waals surface area contributed by atoms with Gasteiger partial charge in [0.1, 0.15) is 17.3 Å². The van der Waals surface area contributed by atoms with E-state index >= 15 is 0 Å². The Kier molecular flexibility index (Phi) is 6.03. The highest BCUT2D eigenvalue weighted by molar-refractivity contribution is 5.89. The van der Waals surface area contributed by atoms with Crippen LogP contribution in [0, 0.1) is 11.3 Å². The van der Waals surface area contributed by atoms with Crippen LogP contribution in [0.3, 0.4) is 0 Å². The number of hydrogen-bond acceptors (Lipinski definition) is 5. The van der Waals surface area contributed by atoms with Crippen LogP contribution in [0.5, 0.6) is 0 Å². The van der Waals surface area contributed by atoms with Crippen LogP contribution < -0.4 is 10.5 Å². The zero-order chi connectivity index (χ0) is 23.0. The number of rotatable bonds is 4. The van der Waals surface area contributed by atoms with Crippen molar-refractivity contribution in [2.24, 2.45) is 7.05 Å². The highest BCUT2D eigenvalue weighted by Crippen LogP contribution is 2.29. The Bertz CT molecular complexity index is 1220. The van der Waals surface area contributed by atoms with E-state index in [1.165, 1.54) is 11.1 Å². The Labute approximate surface area is 189 Å². The van der Waals surface area contributed by atoms with Crippen molar-refractivity contribution >= 4 is 16.7 Å². The Morgan fingerprint density at radius 2 is 1.81 bits per heavy atom. The topological polar surface area (TPSA) is 65.2 Å². The van der Waals surface area contributed by atoms with Crippen LogP contribution >= 0.6 is 0 Å². The van der Waals surface area contributed by atoms with E-state index in [0.717, 1.165) is 30.8 Å². The first-order valence-corrected chi connectivity index (χ1v) is 11.3. The molecule has 0 saturated carbocycles. The average molecular weight is 430 g/mol. The first kappa shape index (κ1) is 22.0. The highest BCUT2D eigenvalue weighted by atomic mass is 16.1. The number of nitrogens with zero attached hydrogens (tertiary/aromatic N) is 5. The maximum atomic E-state index is 12.7. The van der Waals surface area contributed by atoms with Crippen LogP contribution in [0.25, 0.3) is 11.0 Å². The van der Waals surface area contributed by atoms with Crippen molar-refractivity contribution in [3.05, 3.63) is 69.6 Å². The van der Waals surface area contributed by atoms with E-state index in [2.05, 4.69) is 72.8 Å². The van der Waals surface area contributed by atoms with Gasteiger partial charge < -0.3 is 9.47 Å². The lowest BCUT2D eigenvalue weighted by atomic mass is 10.0. The number of aryl methyl sites for hydroxylation is 1. The number of piperazine rings is 1. The molecular weight excluding hydrogens is 398 g/mol. The number of aromatic nitrogens is 2. The summed E-state index contributed by atoms with van der Waals surface area (Å²) in [4.78, 5) is 22.0. The number of pyridine rings is 2. The molecule has 1 aromatic carbocycles. The van der Waals surface area contributed by atoms with Gasteiger partial charge in [0, 0.05) is 44.8 Å². The molecule has 0 N–H and O–H groups in total. The van der Waals surface area contributed by atoms with Crippen LogP contribution in [-0.2, 0) is 13.6 Å². The van der Waals surface area contributed by atoms with Crippen molar-refractivity contribution in [1.82, 2.24) is 14.5 Å². The Balaban J connectivity index is 1.61. The van der Waals surface area contributed by atoms with Crippen LogP contribution in [0.15, 0.2) is 47.3 Å². The molecule has 6 nitrogen and oxygen atoms in total. The Hall–Kier alpha value is -3.17. The average Bonchev–Trinajstić information content (AvgIpc) is 2.78. The summed E-state index contributed by atoms with van der Waals surface area (Å²) < 4.78 is 1.60. The van der Waals surface area contributed by atoms with Crippen molar-refractivity contribution in [3.8, 4) is 6.07 Å². The number of nitriles is 1. The second kappa shape index (κ2) is 8.76. The quantitative estimate of drug-likeness (QED) is 0.627. The van der Waals surface area contributed by atoms with E-state index in [4.69, 9.17) is 0 Å². The molecule has 0 radical (unpaired) electrons. The predicted octanol–water partition coefficient (Wildman–Crippen LogP) is 4.03. The third-order valence-electron chi connectivity index (χ3n) is 6.64. The largest absolute Gasteiger partial charge is 0.364 e. The summed E-state index contributed by atoms with van der Waals surface area (Å²) in [5.41, 5.74) is 5.26. The maximum absolute atomic E-state index is 12.7. The zero-order valence-electron chi connectivity index (χ0n) is 19.5. The minimum absolute atomic E-state index is 0.0634. The molecule has 0 amide bonds. The summed E-state index contributed by atoms with van der Waals surface area (Å²) >= 11 is 0. The Morgan fingerprint density at radius 3 is 2.47 bits per heavy atom. The summed E-state index contributed by atoms with van der Waals surface area (Å²) in [5.74, 6) is 0.537. The van der Waals surface area contributed by atoms with Crippen molar-refractivity contribution < 1.29 is 0 Å². The van der Waals surface area contributed by atoms with E-state index in [-0.39, 0.29) is 11.6 Å². The standard InChI is InChI=1S/C26H31N5O/c1-17(2)21-8-6-20(7-9-21)16-30-14-19(4)31(15-18(30)3)24-12-25(32)29(5)23-11-10-22(13-27)28-26(23)24/h6-12,17-19H,14-16H2,1-5H3/t18-,19+/m1/s1. The summed E-state index contributed by atoms with van der Waals surface area (Å²) in [6, 6.07) is 16.7. The molecule has 2 atom stereocenters. The number of benzene rings is 1. The molecule has 0 aliphatic carbocycles. The fourth-order valence-corrected chi connectivity index (χ4v) is 4.59. The lowest BCUT2D eigenvalue weighted by Crippen LogP contribution is -2.56. The molecule has 1 fully saturated rings. The van der Waals surface area contributed by atoms with Crippen LogP contribution in [0.4, 0.5) is 5.69 Å². The van der Waals surface area contributed by atoms with Gasteiger partial charge in [0.2, 0.25) is 0 Å². The summed E-state index contributed by atoms with van der Waals surface area (Å²) in [6.45, 7) is 11.5. The van der Waals surface area contributed by atoms with Gasteiger partial charge in [-0.05, 0) is 43.0 Å². The molecule has 6 heteroatoms. The van der Waals surface area contributed by atoms with Crippen LogP contribution in [-0.4, -0.2) is 39.6 Å². The molecule has 0 spiro atoms. The molecule has 3 aromatic rings. The molecule has 0 bridgehead atoms. The monoisotopic (exact) mass is 429 g/mol. The van der Waals surface area contributed by atoms with Gasteiger partial charge in [-0.3, -0.25) is 9.69 Å². The number of hydrogen-bond donors (Lipinski definition) is 0. The minimum atomic E-state index is -0.0634. The smallest absolute Gasteiger partial charge is 0.252 e. The number of anilines is 1. The van der Waals surface area contributed by atoms with Crippen LogP contribution in [0.2, 0.25) is 0 Å². The van der Waals surface area contributed by atoms with Crippen molar-refractivity contribution in [3.63, 3.8) is 0 Å². The van der Waals surface area contributed by atoms with E-state index in [1.54, 1.807) is 23.7 Å². The van der Waals surface area contributed by atoms with Gasteiger partial charge in [-0.25, -0.2) is 4.98 Å². The number of fused-ring (bicyclic) bond motifs is 1. The molecule has 3 heterocycles. The van der Waals surface area contributed by atoms with Crippen molar-refractivity contribution in [2.45, 2.75) is 52.2 Å². The molecule has 32 heavy (non-hydrogen) atoms. The summed E-state index contributed by atoms with van der Waals surface area (Å²) in [5, 5.41) is 9.34. The fraction of sp³-hybridized carbons (Fsp3) is 0.423. The van der Waals surface area contributed by atoms with Gasteiger partial charge in [0.25, 0.3) is 5.56 Å². The lowest BCUT2D eigenvalue weighted by Gasteiger charge is -2.45. The van der Waals surface area contributed by atoms with Crippen molar-refractivity contribution in [1.29, 1.82) is 5.26 Å². The van der Waals surface area contributed by atoms with E-state index in [1.807, 2.05) is 6.07 Å². The third kappa shape index (κ3) is 4.13. The van der Waals surface area contributed by atoms with Gasteiger partial charge in [-0.2, -0.15) is 5.26 Å². The minimum Gasteiger partial charge on any atom is -0.364 e. The molecule has 2 aromatic heterocycles. The fourth-order valence-electron chi connectivity index (χ4n) is 4.59. The normalized spacial score (nSPS) is 19.5. The lowest BCUT2D eigenvalue weighted by molar-refractivity contribution is 0.158. The summed E-state index contributed by atoms with van der Waals surface area (Å²) in [7, 11) is 1.75. The first-order chi connectivity index (χ1) is 15.3. The second-order valence-corrected chi connectivity index (χ2v) is 9.28. The Morgan fingerprint density at radius 1 is 1.09 bits per heavy atom. The van der Waals surface area contributed by atoms with Crippen LogP contribution in [0.1, 0.15) is 50.4 Å². The second-order valence-electron chi connectivity index (χ2n) is 9.28. The SMILES string of the molecule is CC(C)c1ccc(CN2C[C@H](C)N(c3cc(=O)n(C)c4ccc(C#N)nc34)C[C@H]2C)cc1. The molecular formula is C26H31N5O. The van der Waals surface area contributed by atoms with Gasteiger partial charge in [0.15, 0.2) is 0 Å². The zero-order valence-corrected chi connectivity index (χ0v) is 19.5. The van der Waals surface area contributed by atoms with E-state index in [0.29, 0.717) is 23.2 Å². The van der Waals surface area contributed by atoms with Gasteiger partial charge >= 0.3 is 0 Å². The predicted molar refractivity (Wildman–Crippen MR) is 129 cm³/mol. The molecule has 1 saturated heterocycles. The van der Waals surface area contributed by atoms with E-state index in [9.17, 15) is 10.1 Å². The van der Waals surface area contributed by atoms with Crippen molar-refractivity contribution in [2.75, 3.05) is 18.0 Å². The van der Waals surface area contributed by atoms with Gasteiger partial charge in [0.05, 0.1) is 11.2 Å². The third-order valence-corrected chi connectivity index (χ3v) is 6.64. The first-order valence-electron chi connectivity index (χ1n) is 11.3. The summed E-state index contributed by atoms with van der Waals surface area (Å²) in [6.07, 6.45) is 0. The van der Waals surface area contributed by atoms with Gasteiger partial charge in [-0.15, -0.1) is 0 Å². The molecule has 4 rings (SSSR count). The molecule has 166 valence electrons. The maximum Gasteiger partial charge on any atom is 0.252 e. The molecule has 1 aliphatic heterocycles. The van der Waals surface area contributed by atoms with Gasteiger partial charge in [-0.1, -0.05) is 38.1 Å². The highest BCUT2D eigenvalue weighted by Gasteiger charge is 2.31. The van der Waals surface area contributed by atoms with E-state index < -0.39 is 0 Å². The molecule has 0 unspecified atom stereocenters.